The summed E-state index contributed by atoms with van der Waals surface area (Å²) in [5.41, 5.74) is 5.50. The largest absolute Gasteiger partial charge is 0.340 e. The molecule has 4 heteroatoms. The van der Waals surface area contributed by atoms with Gasteiger partial charge in [0.1, 0.15) is 0 Å². The van der Waals surface area contributed by atoms with Gasteiger partial charge in [-0.1, -0.05) is 0 Å². The number of hydrogen-bond acceptors (Lipinski definition) is 3. The van der Waals surface area contributed by atoms with Gasteiger partial charge in [-0.25, -0.2) is 0 Å². The second kappa shape index (κ2) is 3.74. The topological polar surface area (TPSA) is 46.3 Å². The van der Waals surface area contributed by atoms with Gasteiger partial charge >= 0.3 is 0 Å². The molecule has 1 unspecified atom stereocenters. The van der Waals surface area contributed by atoms with Crippen LogP contribution in [0.15, 0.2) is 0 Å². The molecule has 0 spiro atoms. The summed E-state index contributed by atoms with van der Waals surface area (Å²) in [5.74, 6) is 2.43. The van der Waals surface area contributed by atoms with Crippen LogP contribution in [0.4, 0.5) is 0 Å². The van der Waals surface area contributed by atoms with Crippen LogP contribution in [0.2, 0.25) is 0 Å². The van der Waals surface area contributed by atoms with Gasteiger partial charge < -0.3 is 10.6 Å². The van der Waals surface area contributed by atoms with Crippen molar-refractivity contribution in [2.75, 3.05) is 18.6 Å². The molecular weight excluding hydrogens is 196 g/mol. The number of carbonyl (C=O) groups excluding carboxylic acids is 1. The van der Waals surface area contributed by atoms with Crippen molar-refractivity contribution < 1.29 is 4.79 Å². The fourth-order valence-corrected chi connectivity index (χ4v) is 3.38. The van der Waals surface area contributed by atoms with Gasteiger partial charge in [-0.2, -0.15) is 11.8 Å². The van der Waals surface area contributed by atoms with Crippen LogP contribution in [0.5, 0.6) is 0 Å². The monoisotopic (exact) mass is 214 g/mol. The maximum atomic E-state index is 12.0. The van der Waals surface area contributed by atoms with Crippen molar-refractivity contribution in [2.45, 2.75) is 37.3 Å². The molecule has 1 aliphatic heterocycles. The van der Waals surface area contributed by atoms with E-state index >= 15 is 0 Å². The molecule has 1 atom stereocenters. The molecule has 0 bridgehead atoms. The summed E-state index contributed by atoms with van der Waals surface area (Å²) in [4.78, 5) is 13.9. The molecule has 80 valence electrons. The molecule has 14 heavy (non-hydrogen) atoms. The van der Waals surface area contributed by atoms with E-state index in [4.69, 9.17) is 5.73 Å². The summed E-state index contributed by atoms with van der Waals surface area (Å²) in [6, 6.07) is 0.425. The minimum absolute atomic E-state index is 0.163. The van der Waals surface area contributed by atoms with Crippen molar-refractivity contribution in [3.8, 4) is 0 Å². The first kappa shape index (κ1) is 10.3. The van der Waals surface area contributed by atoms with Gasteiger partial charge in [-0.15, -0.1) is 0 Å². The van der Waals surface area contributed by atoms with Crippen LogP contribution in [0, 0.1) is 0 Å². The SMILES string of the molecule is CN(C(=O)C1(N)CCC1)C1CCSC1. The Morgan fingerprint density at radius 1 is 1.57 bits per heavy atom. The summed E-state index contributed by atoms with van der Waals surface area (Å²) >= 11 is 1.93. The maximum Gasteiger partial charge on any atom is 0.242 e. The molecule has 1 aliphatic carbocycles. The summed E-state index contributed by atoms with van der Waals surface area (Å²) in [6.45, 7) is 0. The van der Waals surface area contributed by atoms with Gasteiger partial charge in [0.2, 0.25) is 5.91 Å². The number of likely N-dealkylation sites (N-methyl/N-ethyl adjacent to an activating group) is 1. The summed E-state index contributed by atoms with van der Waals surface area (Å²) in [6.07, 6.45) is 3.98. The second-order valence-corrected chi connectivity index (χ2v) is 5.59. The van der Waals surface area contributed by atoms with Gasteiger partial charge in [0.05, 0.1) is 5.54 Å². The highest BCUT2D eigenvalue weighted by atomic mass is 32.2. The molecular formula is C10H18N2OS. The fraction of sp³-hybridized carbons (Fsp3) is 0.900. The number of nitrogens with zero attached hydrogens (tertiary/aromatic N) is 1. The minimum atomic E-state index is -0.512. The van der Waals surface area contributed by atoms with Gasteiger partial charge in [0, 0.05) is 18.8 Å². The van der Waals surface area contributed by atoms with Crippen LogP contribution >= 0.6 is 11.8 Å². The molecule has 0 aromatic rings. The van der Waals surface area contributed by atoms with Crippen LogP contribution in [0.3, 0.4) is 0 Å². The molecule has 1 amide bonds. The van der Waals surface area contributed by atoms with Crippen LogP contribution in [0.25, 0.3) is 0 Å². The molecule has 0 aromatic carbocycles. The first-order valence-corrected chi connectivity index (χ1v) is 6.43. The Labute approximate surface area is 89.4 Å². The molecule has 2 aliphatic rings. The van der Waals surface area contributed by atoms with Gasteiger partial charge in [0.15, 0.2) is 0 Å². The summed E-state index contributed by atoms with van der Waals surface area (Å²) in [7, 11) is 1.91. The van der Waals surface area contributed by atoms with Crippen molar-refractivity contribution >= 4 is 17.7 Å². The van der Waals surface area contributed by atoms with Crippen LogP contribution in [0.1, 0.15) is 25.7 Å². The number of amides is 1. The molecule has 1 heterocycles. The lowest BCUT2D eigenvalue weighted by molar-refractivity contribution is -0.140. The highest BCUT2D eigenvalue weighted by molar-refractivity contribution is 7.99. The Morgan fingerprint density at radius 2 is 2.29 bits per heavy atom. The third-order valence-corrected chi connectivity index (χ3v) is 4.59. The van der Waals surface area contributed by atoms with Crippen LogP contribution in [-0.4, -0.2) is 40.9 Å². The van der Waals surface area contributed by atoms with Crippen molar-refractivity contribution in [3.63, 3.8) is 0 Å². The van der Waals surface area contributed by atoms with Crippen molar-refractivity contribution in [1.82, 2.24) is 4.90 Å². The van der Waals surface area contributed by atoms with Crippen molar-refractivity contribution in [3.05, 3.63) is 0 Å². The first-order valence-electron chi connectivity index (χ1n) is 5.27. The lowest BCUT2D eigenvalue weighted by Gasteiger charge is -2.40. The van der Waals surface area contributed by atoms with Gasteiger partial charge in [-0.05, 0) is 31.4 Å². The first-order chi connectivity index (χ1) is 6.63. The van der Waals surface area contributed by atoms with Crippen molar-refractivity contribution in [2.24, 2.45) is 5.73 Å². The van der Waals surface area contributed by atoms with E-state index in [1.807, 2.05) is 23.7 Å². The second-order valence-electron chi connectivity index (χ2n) is 4.44. The predicted molar refractivity (Wildman–Crippen MR) is 59.3 cm³/mol. The Balaban J connectivity index is 1.96. The van der Waals surface area contributed by atoms with Gasteiger partial charge in [0.25, 0.3) is 0 Å². The van der Waals surface area contributed by atoms with E-state index < -0.39 is 5.54 Å². The zero-order valence-electron chi connectivity index (χ0n) is 8.66. The molecule has 2 N–H and O–H groups in total. The molecule has 1 saturated heterocycles. The van der Waals surface area contributed by atoms with E-state index in [1.165, 1.54) is 5.75 Å². The van der Waals surface area contributed by atoms with Gasteiger partial charge in [-0.3, -0.25) is 4.79 Å². The number of thioether (sulfide) groups is 1. The standard InChI is InChI=1S/C10H18N2OS/c1-12(8-3-6-14-7-8)9(13)10(11)4-2-5-10/h8H,2-7,11H2,1H3. The van der Waals surface area contributed by atoms with E-state index in [9.17, 15) is 4.79 Å². The Kier molecular flexibility index (Phi) is 2.75. The highest BCUT2D eigenvalue weighted by Crippen LogP contribution is 2.32. The Morgan fingerprint density at radius 3 is 2.71 bits per heavy atom. The van der Waals surface area contributed by atoms with Crippen LogP contribution < -0.4 is 5.73 Å². The van der Waals surface area contributed by atoms with Crippen molar-refractivity contribution in [1.29, 1.82) is 0 Å². The summed E-state index contributed by atoms with van der Waals surface area (Å²) in [5, 5.41) is 0. The Hall–Kier alpha value is -0.220. The zero-order chi connectivity index (χ0) is 10.2. The molecule has 1 saturated carbocycles. The van der Waals surface area contributed by atoms with E-state index in [0.29, 0.717) is 6.04 Å². The fourth-order valence-electron chi connectivity index (χ4n) is 2.12. The van der Waals surface area contributed by atoms with E-state index in [2.05, 4.69) is 0 Å². The van der Waals surface area contributed by atoms with Crippen LogP contribution in [-0.2, 0) is 4.79 Å². The summed E-state index contributed by atoms with van der Waals surface area (Å²) < 4.78 is 0. The number of hydrogen-bond donors (Lipinski definition) is 1. The average molecular weight is 214 g/mol. The normalized spacial score (nSPS) is 29.7. The zero-order valence-corrected chi connectivity index (χ0v) is 9.48. The quantitative estimate of drug-likeness (QED) is 0.740. The minimum Gasteiger partial charge on any atom is -0.340 e. The molecule has 0 aromatic heterocycles. The van der Waals surface area contributed by atoms with E-state index in [1.54, 1.807) is 0 Å². The number of carbonyl (C=O) groups is 1. The third kappa shape index (κ3) is 1.65. The predicted octanol–water partition coefficient (Wildman–Crippen LogP) is 0.832. The number of rotatable bonds is 2. The molecule has 3 nitrogen and oxygen atoms in total. The maximum absolute atomic E-state index is 12.0. The lowest BCUT2D eigenvalue weighted by atomic mass is 9.76. The molecule has 0 radical (unpaired) electrons. The highest BCUT2D eigenvalue weighted by Gasteiger charge is 2.43. The average Bonchev–Trinajstić information content (AvgIpc) is 2.64. The molecule has 2 rings (SSSR count). The molecule has 2 fully saturated rings. The third-order valence-electron chi connectivity index (χ3n) is 3.45. The number of nitrogens with two attached hydrogens (primary N) is 1. The lowest BCUT2D eigenvalue weighted by Crippen LogP contribution is -2.60. The van der Waals surface area contributed by atoms with E-state index in [-0.39, 0.29) is 5.91 Å². The Bertz CT molecular complexity index is 234. The smallest absolute Gasteiger partial charge is 0.242 e. The van der Waals surface area contributed by atoms with E-state index in [0.717, 1.165) is 31.4 Å².